The Morgan fingerprint density at radius 2 is 2.29 bits per heavy atom. The van der Waals surface area contributed by atoms with Crippen LogP contribution < -0.4 is 11.1 Å². The first-order valence-corrected chi connectivity index (χ1v) is 6.79. The molecule has 0 aliphatic rings. The lowest BCUT2D eigenvalue weighted by atomic mass is 10.1. The molecule has 0 spiro atoms. The summed E-state index contributed by atoms with van der Waals surface area (Å²) in [5.41, 5.74) is 6.82. The first-order valence-electron chi connectivity index (χ1n) is 5.40. The molecule has 0 amide bonds. The van der Waals surface area contributed by atoms with E-state index in [4.69, 9.17) is 10.8 Å². The minimum Gasteiger partial charge on any atom is -0.478 e. The Labute approximate surface area is 106 Å². The molecule has 1 unspecified atom stereocenters. The van der Waals surface area contributed by atoms with Gasteiger partial charge in [-0.05, 0) is 36.1 Å². The van der Waals surface area contributed by atoms with Gasteiger partial charge in [0.25, 0.3) is 0 Å². The molecule has 0 aliphatic carbocycles. The fourth-order valence-corrected chi connectivity index (χ4v) is 2.17. The maximum absolute atomic E-state index is 10.9. The van der Waals surface area contributed by atoms with Gasteiger partial charge in [0.2, 0.25) is 0 Å². The van der Waals surface area contributed by atoms with Crippen LogP contribution in [0.1, 0.15) is 17.3 Å². The second-order valence-electron chi connectivity index (χ2n) is 4.05. The standard InChI is InChI=1S/C12H18N2O2S/c1-8(7-17-2)6-14-9-3-4-11(13)10(5-9)12(15)16/h3-5,8,14H,6-7,13H2,1-2H3,(H,15,16). The van der Waals surface area contributed by atoms with Crippen LogP contribution in [0.15, 0.2) is 18.2 Å². The van der Waals surface area contributed by atoms with Crippen molar-refractivity contribution < 1.29 is 9.90 Å². The number of hydrogen-bond acceptors (Lipinski definition) is 4. The molecule has 1 aromatic carbocycles. The minimum atomic E-state index is -0.997. The second kappa shape index (κ2) is 6.39. The topological polar surface area (TPSA) is 75.3 Å². The number of nitrogen functional groups attached to an aromatic ring is 1. The molecule has 1 rings (SSSR count). The average molecular weight is 254 g/mol. The number of aromatic carboxylic acids is 1. The lowest BCUT2D eigenvalue weighted by molar-refractivity contribution is 0.0698. The zero-order valence-electron chi connectivity index (χ0n) is 10.1. The molecule has 0 heterocycles. The van der Waals surface area contributed by atoms with Crippen LogP contribution in [0.25, 0.3) is 0 Å². The van der Waals surface area contributed by atoms with Gasteiger partial charge in [0.1, 0.15) is 0 Å². The molecule has 0 fully saturated rings. The van der Waals surface area contributed by atoms with Crippen LogP contribution >= 0.6 is 11.8 Å². The van der Waals surface area contributed by atoms with E-state index in [1.165, 1.54) is 0 Å². The number of nitrogens with two attached hydrogens (primary N) is 1. The van der Waals surface area contributed by atoms with Gasteiger partial charge in [0.05, 0.1) is 5.56 Å². The summed E-state index contributed by atoms with van der Waals surface area (Å²) in [6.07, 6.45) is 2.07. The summed E-state index contributed by atoms with van der Waals surface area (Å²) in [4.78, 5) is 10.9. The first-order chi connectivity index (χ1) is 8.04. The Bertz CT molecular complexity index is 396. The predicted octanol–water partition coefficient (Wildman–Crippen LogP) is 2.38. The van der Waals surface area contributed by atoms with E-state index in [0.29, 0.717) is 11.6 Å². The fourth-order valence-electron chi connectivity index (χ4n) is 1.49. The lowest BCUT2D eigenvalue weighted by Crippen LogP contribution is -2.14. The van der Waals surface area contributed by atoms with Gasteiger partial charge in [-0.25, -0.2) is 4.79 Å². The molecule has 0 saturated heterocycles. The number of anilines is 2. The van der Waals surface area contributed by atoms with Gasteiger partial charge in [-0.15, -0.1) is 0 Å². The predicted molar refractivity (Wildman–Crippen MR) is 73.8 cm³/mol. The Balaban J connectivity index is 2.66. The van der Waals surface area contributed by atoms with Crippen LogP contribution in [0.4, 0.5) is 11.4 Å². The molecular formula is C12H18N2O2S. The SMILES string of the molecule is CSCC(C)CNc1ccc(N)c(C(=O)O)c1. The third-order valence-electron chi connectivity index (χ3n) is 2.39. The van der Waals surface area contributed by atoms with Crippen LogP contribution in [0.2, 0.25) is 0 Å². The van der Waals surface area contributed by atoms with Crippen LogP contribution in [0.3, 0.4) is 0 Å². The Kier molecular flexibility index (Phi) is 5.15. The first kappa shape index (κ1) is 13.7. The minimum absolute atomic E-state index is 0.146. The van der Waals surface area contributed by atoms with E-state index >= 15 is 0 Å². The number of carboxylic acid groups (broad SMARTS) is 1. The summed E-state index contributed by atoms with van der Waals surface area (Å²) in [5, 5.41) is 12.2. The average Bonchev–Trinajstić information content (AvgIpc) is 2.28. The zero-order valence-corrected chi connectivity index (χ0v) is 10.9. The van der Waals surface area contributed by atoms with Crippen molar-refractivity contribution in [2.75, 3.05) is 29.6 Å². The van der Waals surface area contributed by atoms with Crippen molar-refractivity contribution >= 4 is 29.1 Å². The number of benzene rings is 1. The molecule has 0 saturated carbocycles. The molecule has 0 aliphatic heterocycles. The largest absolute Gasteiger partial charge is 0.478 e. The van der Waals surface area contributed by atoms with Gasteiger partial charge in [-0.3, -0.25) is 0 Å². The normalized spacial score (nSPS) is 12.1. The highest BCUT2D eigenvalue weighted by Crippen LogP contribution is 2.18. The van der Waals surface area contributed by atoms with E-state index < -0.39 is 5.97 Å². The molecule has 4 nitrogen and oxygen atoms in total. The number of hydrogen-bond donors (Lipinski definition) is 3. The molecule has 1 aromatic rings. The van der Waals surface area contributed by atoms with Crippen molar-refractivity contribution in [2.24, 2.45) is 5.92 Å². The van der Waals surface area contributed by atoms with Gasteiger partial charge in [-0.1, -0.05) is 6.92 Å². The van der Waals surface area contributed by atoms with Gasteiger partial charge in [0, 0.05) is 17.9 Å². The molecule has 0 radical (unpaired) electrons. The van der Waals surface area contributed by atoms with Gasteiger partial charge >= 0.3 is 5.97 Å². The van der Waals surface area contributed by atoms with Gasteiger partial charge in [-0.2, -0.15) is 11.8 Å². The highest BCUT2D eigenvalue weighted by atomic mass is 32.2. The number of nitrogens with one attached hydrogen (secondary N) is 1. The summed E-state index contributed by atoms with van der Waals surface area (Å²) >= 11 is 1.80. The molecule has 17 heavy (non-hydrogen) atoms. The van der Waals surface area contributed by atoms with E-state index in [-0.39, 0.29) is 5.56 Å². The Morgan fingerprint density at radius 3 is 2.88 bits per heavy atom. The molecular weight excluding hydrogens is 236 g/mol. The third-order valence-corrected chi connectivity index (χ3v) is 3.29. The molecule has 0 aromatic heterocycles. The summed E-state index contributed by atoms with van der Waals surface area (Å²) < 4.78 is 0. The van der Waals surface area contributed by atoms with E-state index in [0.717, 1.165) is 18.0 Å². The number of rotatable bonds is 6. The number of thioether (sulfide) groups is 1. The van der Waals surface area contributed by atoms with Crippen molar-refractivity contribution in [3.05, 3.63) is 23.8 Å². The molecule has 5 heteroatoms. The van der Waals surface area contributed by atoms with Crippen molar-refractivity contribution in [3.8, 4) is 0 Å². The van der Waals surface area contributed by atoms with E-state index in [1.807, 2.05) is 0 Å². The zero-order chi connectivity index (χ0) is 12.8. The number of carbonyl (C=O) groups is 1. The monoisotopic (exact) mass is 254 g/mol. The quantitative estimate of drug-likeness (QED) is 0.680. The van der Waals surface area contributed by atoms with Crippen LogP contribution in [-0.2, 0) is 0 Å². The van der Waals surface area contributed by atoms with Crippen LogP contribution in [0, 0.1) is 5.92 Å². The van der Waals surface area contributed by atoms with Crippen molar-refractivity contribution in [2.45, 2.75) is 6.92 Å². The summed E-state index contributed by atoms with van der Waals surface area (Å²) in [6.45, 7) is 2.97. The lowest BCUT2D eigenvalue weighted by Gasteiger charge is -2.13. The van der Waals surface area contributed by atoms with Gasteiger partial charge < -0.3 is 16.2 Å². The summed E-state index contributed by atoms with van der Waals surface area (Å²) in [6, 6.07) is 4.99. The Hall–Kier alpha value is -1.36. The van der Waals surface area contributed by atoms with E-state index in [9.17, 15) is 4.79 Å². The van der Waals surface area contributed by atoms with E-state index in [1.54, 1.807) is 30.0 Å². The van der Waals surface area contributed by atoms with Crippen LogP contribution in [0.5, 0.6) is 0 Å². The van der Waals surface area contributed by atoms with Crippen molar-refractivity contribution in [3.63, 3.8) is 0 Å². The van der Waals surface area contributed by atoms with Crippen LogP contribution in [-0.4, -0.2) is 29.6 Å². The summed E-state index contributed by atoms with van der Waals surface area (Å²) in [7, 11) is 0. The number of carboxylic acids is 1. The Morgan fingerprint density at radius 1 is 1.59 bits per heavy atom. The smallest absolute Gasteiger partial charge is 0.337 e. The molecule has 0 bridgehead atoms. The highest BCUT2D eigenvalue weighted by Gasteiger charge is 2.09. The third kappa shape index (κ3) is 4.19. The molecule has 94 valence electrons. The van der Waals surface area contributed by atoms with E-state index in [2.05, 4.69) is 18.5 Å². The summed E-state index contributed by atoms with van der Waals surface area (Å²) in [5.74, 6) is 0.618. The second-order valence-corrected chi connectivity index (χ2v) is 4.96. The maximum atomic E-state index is 10.9. The fraction of sp³-hybridized carbons (Fsp3) is 0.417. The molecule has 4 N–H and O–H groups in total. The maximum Gasteiger partial charge on any atom is 0.337 e. The van der Waals surface area contributed by atoms with Crippen molar-refractivity contribution in [1.82, 2.24) is 0 Å². The van der Waals surface area contributed by atoms with Gasteiger partial charge in [0.15, 0.2) is 0 Å². The highest BCUT2D eigenvalue weighted by molar-refractivity contribution is 7.98. The van der Waals surface area contributed by atoms with Crippen molar-refractivity contribution in [1.29, 1.82) is 0 Å². The molecule has 1 atom stereocenters.